The molecule has 2 heterocycles. The third kappa shape index (κ3) is 4.74. The summed E-state index contributed by atoms with van der Waals surface area (Å²) in [4.78, 5) is 31.7. The van der Waals surface area contributed by atoms with E-state index in [2.05, 4.69) is 25.7 Å². The number of carbonyl (C=O) groups is 2. The molecule has 0 spiro atoms. The summed E-state index contributed by atoms with van der Waals surface area (Å²) in [5, 5.41) is 7.42. The summed E-state index contributed by atoms with van der Waals surface area (Å²) in [5.41, 5.74) is -5.85. The van der Waals surface area contributed by atoms with Crippen molar-refractivity contribution in [2.75, 3.05) is 10.6 Å². The molecule has 0 aliphatic rings. The molecule has 32 heavy (non-hydrogen) atoms. The van der Waals surface area contributed by atoms with Crippen LogP contribution >= 0.6 is 0 Å². The van der Waals surface area contributed by atoms with E-state index in [9.17, 15) is 31.2 Å². The molecule has 2 aromatic heterocycles. The highest BCUT2D eigenvalue weighted by atomic mass is 32.2. The molecule has 0 aliphatic carbocycles. The Morgan fingerprint density at radius 3 is 2.25 bits per heavy atom. The van der Waals surface area contributed by atoms with E-state index in [1.54, 1.807) is 6.92 Å². The van der Waals surface area contributed by atoms with Crippen molar-refractivity contribution in [2.45, 2.75) is 23.5 Å². The maximum Gasteiger partial charge on any atom is 0.503 e. The van der Waals surface area contributed by atoms with Crippen LogP contribution in [0.4, 0.5) is 24.5 Å². The summed E-state index contributed by atoms with van der Waals surface area (Å²) in [6.45, 7) is 1.61. The van der Waals surface area contributed by atoms with Crippen molar-refractivity contribution in [3.05, 3.63) is 60.8 Å². The van der Waals surface area contributed by atoms with Gasteiger partial charge in [-0.05, 0) is 43.3 Å². The molecule has 0 bridgehead atoms. The third-order valence-electron chi connectivity index (χ3n) is 4.20. The number of alkyl halides is 3. The van der Waals surface area contributed by atoms with E-state index in [0.717, 1.165) is 18.3 Å². The van der Waals surface area contributed by atoms with Crippen LogP contribution in [0.1, 0.15) is 23.3 Å². The Bertz CT molecular complexity index is 1230. The number of anilines is 2. The van der Waals surface area contributed by atoms with E-state index >= 15 is 0 Å². The number of nitrogens with one attached hydrogen (secondary N) is 2. The largest absolute Gasteiger partial charge is 0.503 e. The average Bonchev–Trinajstić information content (AvgIpc) is 3.28. The molecular weight excluding hydrogens is 453 g/mol. The van der Waals surface area contributed by atoms with Gasteiger partial charge in [-0.15, -0.1) is 0 Å². The molecule has 10 nitrogen and oxygen atoms in total. The van der Waals surface area contributed by atoms with Gasteiger partial charge in [0.15, 0.2) is 5.03 Å². The van der Waals surface area contributed by atoms with Crippen molar-refractivity contribution in [2.24, 2.45) is 0 Å². The molecule has 0 radical (unpaired) electrons. The number of nitrogens with zero attached hydrogens (tertiary/aromatic N) is 4. The van der Waals surface area contributed by atoms with Gasteiger partial charge in [-0.25, -0.2) is 23.1 Å². The van der Waals surface area contributed by atoms with E-state index in [-0.39, 0.29) is 11.6 Å². The minimum atomic E-state index is -5.82. The van der Waals surface area contributed by atoms with Gasteiger partial charge < -0.3 is 10.6 Å². The van der Waals surface area contributed by atoms with Gasteiger partial charge in [0, 0.05) is 17.6 Å². The zero-order valence-corrected chi connectivity index (χ0v) is 17.1. The highest BCUT2D eigenvalue weighted by Crippen LogP contribution is 2.31. The van der Waals surface area contributed by atoms with Gasteiger partial charge in [0.2, 0.25) is 5.91 Å². The molecule has 3 aromatic rings. The molecule has 1 atom stereocenters. The van der Waals surface area contributed by atoms with Crippen LogP contribution in [0.3, 0.4) is 0 Å². The summed E-state index contributed by atoms with van der Waals surface area (Å²) < 4.78 is 63.4. The first-order valence-electron chi connectivity index (χ1n) is 8.83. The number of carbonyl (C=O) groups excluding carboxylic acids is 2. The second-order valence-corrected chi connectivity index (χ2v) is 8.23. The van der Waals surface area contributed by atoms with Crippen molar-refractivity contribution in [1.29, 1.82) is 0 Å². The van der Waals surface area contributed by atoms with Crippen molar-refractivity contribution < 1.29 is 31.2 Å². The number of sulfone groups is 1. The molecule has 1 aromatic carbocycles. The van der Waals surface area contributed by atoms with E-state index in [1.165, 1.54) is 41.6 Å². The Hall–Kier alpha value is -3.81. The molecule has 0 aliphatic heterocycles. The van der Waals surface area contributed by atoms with Gasteiger partial charge in [0.05, 0.1) is 5.56 Å². The monoisotopic (exact) mass is 468 g/mol. The topological polar surface area (TPSA) is 136 Å². The fraction of sp³-hybridized carbons (Fsp3) is 0.167. The quantitative estimate of drug-likeness (QED) is 0.567. The molecule has 168 valence electrons. The molecule has 2 N–H and O–H groups in total. The molecule has 0 saturated heterocycles. The average molecular weight is 468 g/mol. The van der Waals surface area contributed by atoms with Gasteiger partial charge in [-0.3, -0.25) is 9.59 Å². The first-order chi connectivity index (χ1) is 15.0. The lowest BCUT2D eigenvalue weighted by Crippen LogP contribution is -2.27. The number of rotatable bonds is 6. The zero-order chi connectivity index (χ0) is 23.5. The molecule has 0 saturated carbocycles. The number of pyridine rings is 1. The summed E-state index contributed by atoms with van der Waals surface area (Å²) in [6.07, 6.45) is 3.51. The SMILES string of the molecule is CC(C(=O)Nc1ccc(NC(=O)c2cccnc2S(=O)(=O)C(F)(F)F)cc1)n1cncn1. The summed E-state index contributed by atoms with van der Waals surface area (Å²) in [5.74, 6) is -1.48. The summed E-state index contributed by atoms with van der Waals surface area (Å²) >= 11 is 0. The maximum absolute atomic E-state index is 12.9. The van der Waals surface area contributed by atoms with Crippen LogP contribution in [-0.4, -0.2) is 45.5 Å². The highest BCUT2D eigenvalue weighted by molar-refractivity contribution is 7.92. The van der Waals surface area contributed by atoms with Crippen LogP contribution in [0, 0.1) is 0 Å². The first kappa shape index (κ1) is 22.9. The van der Waals surface area contributed by atoms with Gasteiger partial charge in [-0.1, -0.05) is 0 Å². The number of aromatic nitrogens is 4. The lowest BCUT2D eigenvalue weighted by molar-refractivity contribution is -0.119. The second kappa shape index (κ2) is 8.74. The fourth-order valence-corrected chi connectivity index (χ4v) is 3.38. The van der Waals surface area contributed by atoms with Crippen molar-refractivity contribution >= 4 is 33.0 Å². The number of amides is 2. The molecule has 0 fully saturated rings. The van der Waals surface area contributed by atoms with Crippen LogP contribution in [0.2, 0.25) is 0 Å². The van der Waals surface area contributed by atoms with Crippen molar-refractivity contribution in [1.82, 2.24) is 19.7 Å². The Morgan fingerprint density at radius 1 is 1.06 bits per heavy atom. The molecule has 3 rings (SSSR count). The van der Waals surface area contributed by atoms with Crippen LogP contribution in [0.5, 0.6) is 0 Å². The van der Waals surface area contributed by atoms with Crippen LogP contribution < -0.4 is 10.6 Å². The predicted octanol–water partition coefficient (Wildman–Crippen LogP) is 2.42. The van der Waals surface area contributed by atoms with E-state index in [4.69, 9.17) is 0 Å². The molecule has 2 amide bonds. The Balaban J connectivity index is 1.73. The summed E-state index contributed by atoms with van der Waals surface area (Å²) in [7, 11) is -5.82. The van der Waals surface area contributed by atoms with Crippen LogP contribution in [0.25, 0.3) is 0 Å². The summed E-state index contributed by atoms with van der Waals surface area (Å²) in [6, 6.07) is 7.05. The zero-order valence-electron chi connectivity index (χ0n) is 16.2. The third-order valence-corrected chi connectivity index (χ3v) is 5.64. The van der Waals surface area contributed by atoms with Crippen molar-refractivity contribution in [3.63, 3.8) is 0 Å². The Labute approximate surface area is 179 Å². The van der Waals surface area contributed by atoms with Crippen LogP contribution in [0.15, 0.2) is 60.3 Å². The molecule has 14 heteroatoms. The number of halogens is 3. The van der Waals surface area contributed by atoms with Gasteiger partial charge >= 0.3 is 5.51 Å². The lowest BCUT2D eigenvalue weighted by Gasteiger charge is -2.13. The normalized spacial score (nSPS) is 12.8. The number of hydrogen-bond donors (Lipinski definition) is 2. The number of hydrogen-bond acceptors (Lipinski definition) is 7. The van der Waals surface area contributed by atoms with E-state index < -0.39 is 37.9 Å². The fourth-order valence-electron chi connectivity index (χ4n) is 2.51. The predicted molar refractivity (Wildman–Crippen MR) is 105 cm³/mol. The highest BCUT2D eigenvalue weighted by Gasteiger charge is 2.49. The second-order valence-electron chi connectivity index (χ2n) is 6.38. The van der Waals surface area contributed by atoms with E-state index in [1.807, 2.05) is 0 Å². The molecular formula is C18H15F3N6O4S. The Kier molecular flexibility index (Phi) is 6.25. The van der Waals surface area contributed by atoms with Crippen molar-refractivity contribution in [3.8, 4) is 0 Å². The standard InChI is InChI=1S/C18H15F3N6O4S/c1-11(27-10-22-9-24-27)15(28)25-12-4-6-13(7-5-12)26-16(29)14-3-2-8-23-17(14)32(30,31)18(19,20)21/h2-11H,1H3,(H,25,28)(H,26,29). The lowest BCUT2D eigenvalue weighted by atomic mass is 10.2. The van der Waals surface area contributed by atoms with Gasteiger partial charge in [0.1, 0.15) is 18.7 Å². The van der Waals surface area contributed by atoms with Gasteiger partial charge in [0.25, 0.3) is 15.7 Å². The van der Waals surface area contributed by atoms with Crippen LogP contribution in [-0.2, 0) is 14.6 Å². The molecule has 1 unspecified atom stereocenters. The van der Waals surface area contributed by atoms with E-state index in [0.29, 0.717) is 5.69 Å². The first-order valence-corrected chi connectivity index (χ1v) is 10.3. The smallest absolute Gasteiger partial charge is 0.324 e. The Morgan fingerprint density at radius 2 is 1.69 bits per heavy atom. The number of benzene rings is 1. The van der Waals surface area contributed by atoms with Gasteiger partial charge in [-0.2, -0.15) is 18.3 Å². The minimum Gasteiger partial charge on any atom is -0.324 e. The minimum absolute atomic E-state index is 0.150. The maximum atomic E-state index is 12.9.